The van der Waals surface area contributed by atoms with Crippen molar-refractivity contribution < 1.29 is 19.1 Å². The third-order valence-electron chi connectivity index (χ3n) is 5.28. The fraction of sp³-hybridized carbons (Fsp3) is 0.391. The molecule has 2 aliphatic rings. The molecule has 1 aliphatic carbocycles. The molecule has 0 aromatic heterocycles. The van der Waals surface area contributed by atoms with Crippen molar-refractivity contribution in [3.63, 3.8) is 0 Å². The summed E-state index contributed by atoms with van der Waals surface area (Å²) >= 11 is 0. The Morgan fingerprint density at radius 1 is 1.03 bits per heavy atom. The maximum absolute atomic E-state index is 12.2. The molecular weight excluding hydrogens is 382 g/mol. The summed E-state index contributed by atoms with van der Waals surface area (Å²) in [6, 6.07) is 13.1. The Hall–Kier alpha value is -3.22. The lowest BCUT2D eigenvalue weighted by atomic mass is 10.1. The minimum absolute atomic E-state index is 0.0892. The smallest absolute Gasteiger partial charge is 0.315 e. The Morgan fingerprint density at radius 2 is 1.77 bits per heavy atom. The lowest BCUT2D eigenvalue weighted by Gasteiger charge is -2.19. The molecular formula is C23H27N3O4. The van der Waals surface area contributed by atoms with E-state index in [1.165, 1.54) is 0 Å². The summed E-state index contributed by atoms with van der Waals surface area (Å²) in [5, 5.41) is 8.75. The zero-order valence-corrected chi connectivity index (χ0v) is 17.1. The molecule has 0 spiro atoms. The van der Waals surface area contributed by atoms with Gasteiger partial charge in [-0.25, -0.2) is 4.79 Å². The first kappa shape index (κ1) is 20.1. The predicted octanol–water partition coefficient (Wildman–Crippen LogP) is 3.41. The van der Waals surface area contributed by atoms with Crippen LogP contribution >= 0.6 is 0 Å². The number of anilines is 1. The molecule has 158 valence electrons. The average molecular weight is 409 g/mol. The van der Waals surface area contributed by atoms with Gasteiger partial charge in [-0.2, -0.15) is 0 Å². The third-order valence-corrected chi connectivity index (χ3v) is 5.28. The highest BCUT2D eigenvalue weighted by molar-refractivity contribution is 5.94. The number of hydrogen-bond acceptors (Lipinski definition) is 4. The van der Waals surface area contributed by atoms with Gasteiger partial charge in [-0.15, -0.1) is 0 Å². The summed E-state index contributed by atoms with van der Waals surface area (Å²) in [4.78, 5) is 24.0. The maximum Gasteiger partial charge on any atom is 0.315 e. The van der Waals surface area contributed by atoms with E-state index in [2.05, 4.69) is 16.0 Å². The second kappa shape index (κ2) is 9.07. The van der Waals surface area contributed by atoms with Crippen LogP contribution in [0.15, 0.2) is 42.5 Å². The number of ether oxygens (including phenoxy) is 2. The highest BCUT2D eigenvalue weighted by Gasteiger charge is 2.29. The van der Waals surface area contributed by atoms with Gasteiger partial charge in [0.1, 0.15) is 13.2 Å². The van der Waals surface area contributed by atoms with Crippen LogP contribution in [-0.2, 0) is 11.2 Å². The molecule has 1 saturated carbocycles. The molecule has 1 fully saturated rings. The number of amides is 3. The van der Waals surface area contributed by atoms with Crippen LogP contribution in [0.2, 0.25) is 0 Å². The van der Waals surface area contributed by atoms with Gasteiger partial charge < -0.3 is 25.4 Å². The van der Waals surface area contributed by atoms with Crippen LogP contribution in [-0.4, -0.2) is 31.7 Å². The van der Waals surface area contributed by atoms with Gasteiger partial charge in [0.05, 0.1) is 6.04 Å². The van der Waals surface area contributed by atoms with Crippen LogP contribution in [0.1, 0.15) is 36.9 Å². The summed E-state index contributed by atoms with van der Waals surface area (Å²) < 4.78 is 11.1. The molecule has 0 radical (unpaired) electrons. The Balaban J connectivity index is 1.21. The highest BCUT2D eigenvalue weighted by atomic mass is 16.6. The van der Waals surface area contributed by atoms with Crippen LogP contribution in [0, 0.1) is 5.92 Å². The van der Waals surface area contributed by atoms with Crippen molar-refractivity contribution in [3.8, 4) is 11.5 Å². The van der Waals surface area contributed by atoms with Crippen molar-refractivity contribution in [1.29, 1.82) is 0 Å². The predicted molar refractivity (Wildman–Crippen MR) is 114 cm³/mol. The fourth-order valence-corrected chi connectivity index (χ4v) is 3.34. The van der Waals surface area contributed by atoms with E-state index in [0.29, 0.717) is 26.2 Å². The van der Waals surface area contributed by atoms with Gasteiger partial charge in [-0.3, -0.25) is 4.79 Å². The fourth-order valence-electron chi connectivity index (χ4n) is 3.34. The maximum atomic E-state index is 12.2. The second-order valence-electron chi connectivity index (χ2n) is 7.74. The molecule has 4 rings (SSSR count). The Labute approximate surface area is 176 Å². The number of rotatable bonds is 7. The number of carbonyl (C=O) groups excluding carboxylic acids is 2. The van der Waals surface area contributed by atoms with Gasteiger partial charge in [0.25, 0.3) is 0 Å². The number of urea groups is 1. The molecule has 1 aliphatic heterocycles. The summed E-state index contributed by atoms with van der Waals surface area (Å²) in [6.45, 7) is 3.58. The topological polar surface area (TPSA) is 88.7 Å². The first-order valence-corrected chi connectivity index (χ1v) is 10.4. The molecule has 1 atom stereocenters. The number of nitrogens with one attached hydrogen (secondary N) is 3. The molecule has 2 aromatic carbocycles. The molecule has 3 amide bonds. The largest absolute Gasteiger partial charge is 0.486 e. The van der Waals surface area contributed by atoms with Crippen LogP contribution in [0.3, 0.4) is 0 Å². The second-order valence-corrected chi connectivity index (χ2v) is 7.74. The van der Waals surface area contributed by atoms with Gasteiger partial charge >= 0.3 is 6.03 Å². The van der Waals surface area contributed by atoms with Gasteiger partial charge in [0, 0.05) is 18.2 Å². The van der Waals surface area contributed by atoms with Crippen LogP contribution in [0.5, 0.6) is 11.5 Å². The Morgan fingerprint density at radius 3 is 2.50 bits per heavy atom. The molecule has 7 nitrogen and oxygen atoms in total. The van der Waals surface area contributed by atoms with Crippen molar-refractivity contribution in [1.82, 2.24) is 10.6 Å². The van der Waals surface area contributed by atoms with E-state index in [-0.39, 0.29) is 23.9 Å². The van der Waals surface area contributed by atoms with Crippen molar-refractivity contribution in [2.45, 2.75) is 32.2 Å². The minimum atomic E-state index is -0.217. The van der Waals surface area contributed by atoms with E-state index < -0.39 is 0 Å². The molecule has 7 heteroatoms. The standard InChI is InChI=1S/C23H27N3O4/c1-15(17-5-7-19(8-6-17)26-22(27)18-3-4-18)25-23(28)24-11-10-16-2-9-20-21(14-16)30-13-12-29-20/h2,5-9,14-15,18H,3-4,10-13H2,1H3,(H,26,27)(H2,24,25,28). The van der Waals surface area contributed by atoms with Crippen molar-refractivity contribution in [3.05, 3.63) is 53.6 Å². The number of fused-ring (bicyclic) bond motifs is 1. The molecule has 2 aromatic rings. The first-order valence-electron chi connectivity index (χ1n) is 10.4. The summed E-state index contributed by atoms with van der Waals surface area (Å²) in [6.07, 6.45) is 2.66. The van der Waals surface area contributed by atoms with E-state index in [1.54, 1.807) is 0 Å². The quantitative estimate of drug-likeness (QED) is 0.654. The van der Waals surface area contributed by atoms with E-state index in [4.69, 9.17) is 9.47 Å². The summed E-state index contributed by atoms with van der Waals surface area (Å²) in [7, 11) is 0. The molecule has 30 heavy (non-hydrogen) atoms. The zero-order chi connectivity index (χ0) is 20.9. The molecule has 0 saturated heterocycles. The van der Waals surface area contributed by atoms with Crippen molar-refractivity contribution in [2.75, 3.05) is 25.1 Å². The van der Waals surface area contributed by atoms with E-state index in [9.17, 15) is 9.59 Å². The highest BCUT2D eigenvalue weighted by Crippen LogP contribution is 2.31. The monoisotopic (exact) mass is 409 g/mol. The normalized spacial score (nSPS) is 15.8. The van der Waals surface area contributed by atoms with Gasteiger partial charge in [-0.05, 0) is 61.6 Å². The van der Waals surface area contributed by atoms with Gasteiger partial charge in [0.2, 0.25) is 5.91 Å². The summed E-state index contributed by atoms with van der Waals surface area (Å²) in [5.74, 6) is 1.79. The van der Waals surface area contributed by atoms with E-state index in [0.717, 1.165) is 41.2 Å². The Kier molecular flexibility index (Phi) is 6.07. The molecule has 3 N–H and O–H groups in total. The lowest BCUT2D eigenvalue weighted by Crippen LogP contribution is -2.38. The van der Waals surface area contributed by atoms with Gasteiger partial charge in [0.15, 0.2) is 11.5 Å². The number of carbonyl (C=O) groups is 2. The molecule has 0 bridgehead atoms. The minimum Gasteiger partial charge on any atom is -0.486 e. The Bertz CT molecular complexity index is 909. The first-order chi connectivity index (χ1) is 14.6. The van der Waals surface area contributed by atoms with Crippen LogP contribution in [0.4, 0.5) is 10.5 Å². The number of benzene rings is 2. The zero-order valence-electron chi connectivity index (χ0n) is 17.1. The van der Waals surface area contributed by atoms with Crippen LogP contribution in [0.25, 0.3) is 0 Å². The van der Waals surface area contributed by atoms with E-state index in [1.807, 2.05) is 49.4 Å². The lowest BCUT2D eigenvalue weighted by molar-refractivity contribution is -0.117. The molecule has 1 unspecified atom stereocenters. The summed E-state index contributed by atoms with van der Waals surface area (Å²) in [5.41, 5.74) is 2.84. The van der Waals surface area contributed by atoms with Gasteiger partial charge in [-0.1, -0.05) is 18.2 Å². The third kappa shape index (κ3) is 5.23. The number of hydrogen-bond donors (Lipinski definition) is 3. The van der Waals surface area contributed by atoms with E-state index >= 15 is 0 Å². The van der Waals surface area contributed by atoms with Crippen LogP contribution < -0.4 is 25.4 Å². The average Bonchev–Trinajstić information content (AvgIpc) is 3.60. The van der Waals surface area contributed by atoms with Crippen molar-refractivity contribution in [2.24, 2.45) is 5.92 Å². The van der Waals surface area contributed by atoms with Crippen molar-refractivity contribution >= 4 is 17.6 Å². The SMILES string of the molecule is CC(NC(=O)NCCc1ccc2c(c1)OCCO2)c1ccc(NC(=O)C2CC2)cc1. The molecule has 1 heterocycles.